The number of carbonyl (C=O) groups excluding carboxylic acids is 1. The molecule has 0 aliphatic heterocycles. The predicted molar refractivity (Wildman–Crippen MR) is 83.5 cm³/mol. The van der Waals surface area contributed by atoms with Gasteiger partial charge in [-0.1, -0.05) is 38.0 Å². The summed E-state index contributed by atoms with van der Waals surface area (Å²) in [4.78, 5) is 12.5. The number of nitrogens with one attached hydrogen (secondary N) is 1. The van der Waals surface area contributed by atoms with Gasteiger partial charge in [-0.05, 0) is 17.7 Å². The lowest BCUT2D eigenvalue weighted by atomic mass is 10.1. The smallest absolute Gasteiger partial charge is 0.322 e. The largest absolute Gasteiger partial charge is 0.407 e. The minimum atomic E-state index is -0.139. The summed E-state index contributed by atoms with van der Waals surface area (Å²) in [7, 11) is 0. The van der Waals surface area contributed by atoms with Gasteiger partial charge < -0.3 is 4.42 Å². The highest BCUT2D eigenvalue weighted by Gasteiger charge is 2.09. The van der Waals surface area contributed by atoms with Gasteiger partial charge in [0.05, 0.1) is 6.42 Å². The molecule has 2 rings (SSSR count). The topological polar surface area (TPSA) is 68.0 Å². The number of benzene rings is 1. The van der Waals surface area contributed by atoms with Gasteiger partial charge >= 0.3 is 6.01 Å². The van der Waals surface area contributed by atoms with Crippen molar-refractivity contribution in [2.45, 2.75) is 43.8 Å². The maximum Gasteiger partial charge on any atom is 0.322 e. The van der Waals surface area contributed by atoms with E-state index in [1.54, 1.807) is 6.92 Å². The fraction of sp³-hybridized carbons (Fsp3) is 0.400. The summed E-state index contributed by atoms with van der Waals surface area (Å²) in [5, 5.41) is 10.8. The molecule has 1 aromatic carbocycles. The Morgan fingerprint density at radius 3 is 2.62 bits per heavy atom. The molecule has 0 spiro atoms. The van der Waals surface area contributed by atoms with Crippen molar-refractivity contribution in [3.63, 3.8) is 0 Å². The van der Waals surface area contributed by atoms with Crippen molar-refractivity contribution < 1.29 is 9.21 Å². The minimum Gasteiger partial charge on any atom is -0.407 e. The minimum absolute atomic E-state index is 0.139. The van der Waals surface area contributed by atoms with Gasteiger partial charge in [0.2, 0.25) is 11.8 Å². The SMILES string of the molecule is CCC(=O)Nc1nnc(Cc2ccc(SC(C)C)cc2)o1. The summed E-state index contributed by atoms with van der Waals surface area (Å²) < 4.78 is 5.40. The molecule has 2 aromatic rings. The Hall–Kier alpha value is -1.82. The lowest BCUT2D eigenvalue weighted by Gasteiger charge is -2.05. The number of anilines is 1. The first-order chi connectivity index (χ1) is 10.1. The summed E-state index contributed by atoms with van der Waals surface area (Å²) in [6.45, 7) is 6.11. The van der Waals surface area contributed by atoms with Crippen LogP contribution in [0.1, 0.15) is 38.6 Å². The maximum atomic E-state index is 11.2. The molecule has 0 saturated heterocycles. The molecule has 0 fully saturated rings. The average molecular weight is 305 g/mol. The van der Waals surface area contributed by atoms with Gasteiger partial charge in [0.1, 0.15) is 0 Å². The van der Waals surface area contributed by atoms with Crippen molar-refractivity contribution in [1.29, 1.82) is 0 Å². The molecule has 0 aliphatic rings. The second-order valence-corrected chi connectivity index (χ2v) is 6.54. The number of thioether (sulfide) groups is 1. The second-order valence-electron chi connectivity index (χ2n) is 4.89. The van der Waals surface area contributed by atoms with Crippen LogP contribution in [0.4, 0.5) is 6.01 Å². The summed E-state index contributed by atoms with van der Waals surface area (Å²) in [6.07, 6.45) is 0.939. The van der Waals surface area contributed by atoms with E-state index < -0.39 is 0 Å². The molecule has 1 amide bonds. The Kier molecular flexibility index (Phi) is 5.38. The molecule has 1 aromatic heterocycles. The number of rotatable bonds is 6. The maximum absolute atomic E-state index is 11.2. The molecule has 1 heterocycles. The number of nitrogens with zero attached hydrogens (tertiary/aromatic N) is 2. The van der Waals surface area contributed by atoms with Crippen molar-refractivity contribution >= 4 is 23.7 Å². The Labute approximate surface area is 128 Å². The molecule has 0 aliphatic carbocycles. The highest BCUT2D eigenvalue weighted by molar-refractivity contribution is 7.99. The van der Waals surface area contributed by atoms with Gasteiger partial charge in [-0.2, -0.15) is 0 Å². The quantitative estimate of drug-likeness (QED) is 0.827. The molecular formula is C15H19N3O2S. The molecule has 0 bridgehead atoms. The van der Waals surface area contributed by atoms with Crippen LogP contribution in [0.5, 0.6) is 0 Å². The van der Waals surface area contributed by atoms with Crippen molar-refractivity contribution in [3.8, 4) is 0 Å². The van der Waals surface area contributed by atoms with Gasteiger partial charge in [0, 0.05) is 16.6 Å². The van der Waals surface area contributed by atoms with Gasteiger partial charge in [-0.3, -0.25) is 10.1 Å². The van der Waals surface area contributed by atoms with E-state index in [1.165, 1.54) is 4.90 Å². The molecule has 5 nitrogen and oxygen atoms in total. The number of amides is 1. The van der Waals surface area contributed by atoms with Gasteiger partial charge in [0.25, 0.3) is 0 Å². The van der Waals surface area contributed by atoms with Crippen molar-refractivity contribution in [1.82, 2.24) is 10.2 Å². The third-order valence-corrected chi connectivity index (χ3v) is 3.70. The van der Waals surface area contributed by atoms with E-state index in [0.717, 1.165) is 5.56 Å². The van der Waals surface area contributed by atoms with Crippen LogP contribution in [0.3, 0.4) is 0 Å². The zero-order valence-corrected chi connectivity index (χ0v) is 13.2. The Balaban J connectivity index is 1.96. The van der Waals surface area contributed by atoms with Crippen LogP contribution in [-0.4, -0.2) is 21.4 Å². The van der Waals surface area contributed by atoms with Crippen LogP contribution in [0.2, 0.25) is 0 Å². The fourth-order valence-electron chi connectivity index (χ4n) is 1.72. The predicted octanol–water partition coefficient (Wildman–Crippen LogP) is 3.51. The molecule has 0 atom stereocenters. The normalized spacial score (nSPS) is 10.9. The van der Waals surface area contributed by atoms with E-state index in [4.69, 9.17) is 4.42 Å². The lowest BCUT2D eigenvalue weighted by Crippen LogP contribution is -2.09. The van der Waals surface area contributed by atoms with E-state index in [2.05, 4.69) is 53.6 Å². The van der Waals surface area contributed by atoms with Gasteiger partial charge in [0.15, 0.2) is 0 Å². The molecule has 21 heavy (non-hydrogen) atoms. The number of hydrogen-bond acceptors (Lipinski definition) is 5. The third-order valence-electron chi connectivity index (χ3n) is 2.68. The fourth-order valence-corrected chi connectivity index (χ4v) is 2.55. The Morgan fingerprint density at radius 2 is 2.00 bits per heavy atom. The van der Waals surface area contributed by atoms with Gasteiger partial charge in [-0.15, -0.1) is 16.9 Å². The first kappa shape index (κ1) is 15.6. The summed E-state index contributed by atoms with van der Waals surface area (Å²) >= 11 is 1.83. The highest BCUT2D eigenvalue weighted by atomic mass is 32.2. The second kappa shape index (κ2) is 7.26. The number of carbonyl (C=O) groups is 1. The number of hydrogen-bond donors (Lipinski definition) is 1. The van der Waals surface area contributed by atoms with Crippen LogP contribution in [-0.2, 0) is 11.2 Å². The van der Waals surface area contributed by atoms with Gasteiger partial charge in [-0.25, -0.2) is 0 Å². The Morgan fingerprint density at radius 1 is 1.29 bits per heavy atom. The summed E-state index contributed by atoms with van der Waals surface area (Å²) in [5.74, 6) is 0.353. The van der Waals surface area contributed by atoms with Crippen LogP contribution < -0.4 is 5.32 Å². The molecule has 112 valence electrons. The molecule has 0 radical (unpaired) electrons. The molecular weight excluding hydrogens is 286 g/mol. The van der Waals surface area contributed by atoms with E-state index >= 15 is 0 Å². The zero-order chi connectivity index (χ0) is 15.2. The Bertz CT molecular complexity index is 593. The van der Waals surface area contributed by atoms with Crippen LogP contribution >= 0.6 is 11.8 Å². The third kappa shape index (κ3) is 4.90. The number of aromatic nitrogens is 2. The van der Waals surface area contributed by atoms with E-state index in [9.17, 15) is 4.79 Å². The van der Waals surface area contributed by atoms with Crippen LogP contribution in [0.15, 0.2) is 33.6 Å². The highest BCUT2D eigenvalue weighted by Crippen LogP contribution is 2.23. The zero-order valence-electron chi connectivity index (χ0n) is 12.4. The monoisotopic (exact) mass is 305 g/mol. The summed E-state index contributed by atoms with van der Waals surface area (Å²) in [5.41, 5.74) is 1.10. The average Bonchev–Trinajstić information content (AvgIpc) is 2.87. The first-order valence-electron chi connectivity index (χ1n) is 6.94. The molecule has 1 N–H and O–H groups in total. The lowest BCUT2D eigenvalue weighted by molar-refractivity contribution is -0.116. The van der Waals surface area contributed by atoms with E-state index in [-0.39, 0.29) is 11.9 Å². The van der Waals surface area contributed by atoms with Crippen molar-refractivity contribution in [3.05, 3.63) is 35.7 Å². The molecule has 0 saturated carbocycles. The van der Waals surface area contributed by atoms with Crippen molar-refractivity contribution in [2.75, 3.05) is 5.32 Å². The molecule has 0 unspecified atom stereocenters. The standard InChI is InChI=1S/C15H19N3O2S/c1-4-13(19)16-15-18-17-14(20-15)9-11-5-7-12(8-6-11)21-10(2)3/h5-8,10H,4,9H2,1-3H3,(H,16,18,19). The van der Waals surface area contributed by atoms with E-state index in [0.29, 0.717) is 24.0 Å². The summed E-state index contributed by atoms with van der Waals surface area (Å²) in [6, 6.07) is 8.45. The van der Waals surface area contributed by atoms with Crippen LogP contribution in [0.25, 0.3) is 0 Å². The van der Waals surface area contributed by atoms with E-state index in [1.807, 2.05) is 11.8 Å². The molecule has 6 heteroatoms. The first-order valence-corrected chi connectivity index (χ1v) is 7.82. The van der Waals surface area contributed by atoms with Crippen LogP contribution in [0, 0.1) is 0 Å². The van der Waals surface area contributed by atoms with Crippen molar-refractivity contribution in [2.24, 2.45) is 0 Å².